The molecule has 0 nitrogen and oxygen atoms in total. The van der Waals surface area contributed by atoms with Gasteiger partial charge in [-0.25, -0.2) is 0 Å². The Balaban J connectivity index is 2.17. The zero-order valence-electron chi connectivity index (χ0n) is 11.5. The molecule has 0 unspecified atom stereocenters. The van der Waals surface area contributed by atoms with E-state index in [0.717, 1.165) is 12.8 Å². The van der Waals surface area contributed by atoms with Gasteiger partial charge in [-0.1, -0.05) is 68.2 Å². The molecule has 1 aromatic rings. The van der Waals surface area contributed by atoms with Crippen molar-refractivity contribution in [2.75, 3.05) is 0 Å². The van der Waals surface area contributed by atoms with Gasteiger partial charge < -0.3 is 0 Å². The van der Waals surface area contributed by atoms with Crippen LogP contribution in [0, 0.1) is 6.92 Å². The third kappa shape index (κ3) is 6.31. The summed E-state index contributed by atoms with van der Waals surface area (Å²) >= 11 is 0. The Hall–Kier alpha value is -1.04. The van der Waals surface area contributed by atoms with Gasteiger partial charge in [-0.05, 0) is 38.2 Å². The van der Waals surface area contributed by atoms with E-state index in [2.05, 4.69) is 44.7 Å². The van der Waals surface area contributed by atoms with Crippen LogP contribution in [0.3, 0.4) is 0 Å². The number of unbranched alkanes of at least 4 members (excludes halogenated alkanes) is 3. The summed E-state index contributed by atoms with van der Waals surface area (Å²) in [5.74, 6) is 0. The molecule has 0 saturated heterocycles. The maximum atomic E-state index is 4.18. The number of aryl methyl sites for hydroxylation is 2. The quantitative estimate of drug-likeness (QED) is 0.411. The predicted octanol–water partition coefficient (Wildman–Crippen LogP) is 5.45. The van der Waals surface area contributed by atoms with Crippen molar-refractivity contribution >= 4 is 0 Å². The highest BCUT2D eigenvalue weighted by molar-refractivity contribution is 5.22. The highest BCUT2D eigenvalue weighted by Crippen LogP contribution is 2.15. The van der Waals surface area contributed by atoms with E-state index in [1.54, 1.807) is 0 Å². The van der Waals surface area contributed by atoms with Crippen molar-refractivity contribution in [2.45, 2.75) is 58.8 Å². The normalized spacial score (nSPS) is 10.5. The standard InChI is InChI=1S/C17H26/c1-4-5-6-7-8-15(2)9-12-17-13-10-16(3)11-14-17/h10-11,13-14H,2,4-9,12H2,1,3H3. The van der Waals surface area contributed by atoms with Crippen molar-refractivity contribution in [3.8, 4) is 0 Å². The average Bonchev–Trinajstić information content (AvgIpc) is 2.34. The van der Waals surface area contributed by atoms with Crippen molar-refractivity contribution in [1.29, 1.82) is 0 Å². The largest absolute Gasteiger partial charge is 0.0999 e. The summed E-state index contributed by atoms with van der Waals surface area (Å²) in [6.45, 7) is 8.58. The van der Waals surface area contributed by atoms with Gasteiger partial charge in [-0.3, -0.25) is 0 Å². The monoisotopic (exact) mass is 230 g/mol. The second-order valence-electron chi connectivity index (χ2n) is 5.05. The van der Waals surface area contributed by atoms with E-state index >= 15 is 0 Å². The Bertz CT molecular complexity index is 318. The molecule has 0 aliphatic heterocycles. The summed E-state index contributed by atoms with van der Waals surface area (Å²) in [7, 11) is 0. The van der Waals surface area contributed by atoms with Gasteiger partial charge in [0, 0.05) is 0 Å². The molecule has 1 rings (SSSR count). The summed E-state index contributed by atoms with van der Waals surface area (Å²) in [5.41, 5.74) is 4.19. The van der Waals surface area contributed by atoms with Gasteiger partial charge in [0.25, 0.3) is 0 Å². The molecule has 0 aliphatic carbocycles. The summed E-state index contributed by atoms with van der Waals surface area (Å²) in [6.07, 6.45) is 8.87. The van der Waals surface area contributed by atoms with Crippen LogP contribution in [0.4, 0.5) is 0 Å². The SMILES string of the molecule is C=C(CCCCCC)CCc1ccc(C)cc1. The van der Waals surface area contributed by atoms with Gasteiger partial charge in [0.2, 0.25) is 0 Å². The maximum Gasteiger partial charge on any atom is -0.0242 e. The minimum Gasteiger partial charge on any atom is -0.0999 e. The molecular weight excluding hydrogens is 204 g/mol. The van der Waals surface area contributed by atoms with Gasteiger partial charge in [-0.15, -0.1) is 0 Å². The van der Waals surface area contributed by atoms with Gasteiger partial charge >= 0.3 is 0 Å². The Labute approximate surface area is 107 Å². The molecule has 0 N–H and O–H groups in total. The van der Waals surface area contributed by atoms with Crippen molar-refractivity contribution < 1.29 is 0 Å². The fourth-order valence-electron chi connectivity index (χ4n) is 2.00. The zero-order chi connectivity index (χ0) is 12.5. The predicted molar refractivity (Wildman–Crippen MR) is 77.4 cm³/mol. The second kappa shape index (κ2) is 8.11. The number of allylic oxidation sites excluding steroid dienone is 1. The Kier molecular flexibility index (Phi) is 6.69. The molecule has 0 spiro atoms. The average molecular weight is 230 g/mol. The second-order valence-corrected chi connectivity index (χ2v) is 5.05. The molecule has 17 heavy (non-hydrogen) atoms. The first-order chi connectivity index (χ1) is 8.22. The highest BCUT2D eigenvalue weighted by atomic mass is 14.0. The number of hydrogen-bond donors (Lipinski definition) is 0. The lowest BCUT2D eigenvalue weighted by molar-refractivity contribution is 0.654. The topological polar surface area (TPSA) is 0 Å². The van der Waals surface area contributed by atoms with E-state index < -0.39 is 0 Å². The van der Waals surface area contributed by atoms with Gasteiger partial charge in [0.1, 0.15) is 0 Å². The van der Waals surface area contributed by atoms with Crippen LogP contribution in [0.2, 0.25) is 0 Å². The fourth-order valence-corrected chi connectivity index (χ4v) is 2.00. The van der Waals surface area contributed by atoms with Crippen LogP contribution < -0.4 is 0 Å². The molecule has 0 aliphatic rings. The van der Waals surface area contributed by atoms with Crippen LogP contribution in [-0.2, 0) is 6.42 Å². The lowest BCUT2D eigenvalue weighted by Gasteiger charge is -2.06. The Morgan fingerprint density at radius 3 is 2.35 bits per heavy atom. The van der Waals surface area contributed by atoms with E-state index in [1.807, 2.05) is 0 Å². The van der Waals surface area contributed by atoms with E-state index in [-0.39, 0.29) is 0 Å². The first-order valence-electron chi connectivity index (χ1n) is 6.94. The minimum absolute atomic E-state index is 1.15. The van der Waals surface area contributed by atoms with E-state index in [9.17, 15) is 0 Å². The first-order valence-corrected chi connectivity index (χ1v) is 6.94. The van der Waals surface area contributed by atoms with Crippen LogP contribution in [0.1, 0.15) is 56.6 Å². The van der Waals surface area contributed by atoms with Crippen LogP contribution in [0.25, 0.3) is 0 Å². The first kappa shape index (κ1) is 14.0. The number of rotatable bonds is 8. The molecule has 0 aromatic heterocycles. The smallest absolute Gasteiger partial charge is 0.0242 e. The van der Waals surface area contributed by atoms with Crippen molar-refractivity contribution in [3.63, 3.8) is 0 Å². The molecule has 1 aromatic carbocycles. The van der Waals surface area contributed by atoms with E-state index in [4.69, 9.17) is 0 Å². The molecule has 0 radical (unpaired) electrons. The Morgan fingerprint density at radius 2 is 1.71 bits per heavy atom. The third-order valence-electron chi connectivity index (χ3n) is 3.27. The van der Waals surface area contributed by atoms with Gasteiger partial charge in [-0.2, -0.15) is 0 Å². The Morgan fingerprint density at radius 1 is 1.00 bits per heavy atom. The summed E-state index contributed by atoms with van der Waals surface area (Å²) in [5, 5.41) is 0. The van der Waals surface area contributed by atoms with Gasteiger partial charge in [0.05, 0.1) is 0 Å². The molecule has 0 fully saturated rings. The van der Waals surface area contributed by atoms with Crippen LogP contribution >= 0.6 is 0 Å². The van der Waals surface area contributed by atoms with Gasteiger partial charge in [0.15, 0.2) is 0 Å². The minimum atomic E-state index is 1.15. The molecule has 0 saturated carbocycles. The highest BCUT2D eigenvalue weighted by Gasteiger charge is 1.97. The summed E-state index contributed by atoms with van der Waals surface area (Å²) in [6, 6.07) is 8.86. The molecule has 94 valence electrons. The van der Waals surface area contributed by atoms with E-state index in [0.29, 0.717) is 0 Å². The molecule has 0 amide bonds. The molecule has 0 atom stereocenters. The van der Waals surface area contributed by atoms with Crippen LogP contribution in [0.5, 0.6) is 0 Å². The fraction of sp³-hybridized carbons (Fsp3) is 0.529. The lowest BCUT2D eigenvalue weighted by Crippen LogP contribution is -1.89. The van der Waals surface area contributed by atoms with E-state index in [1.165, 1.54) is 48.8 Å². The van der Waals surface area contributed by atoms with Crippen LogP contribution in [-0.4, -0.2) is 0 Å². The lowest BCUT2D eigenvalue weighted by atomic mass is 10.0. The molecule has 0 heterocycles. The van der Waals surface area contributed by atoms with Crippen molar-refractivity contribution in [1.82, 2.24) is 0 Å². The third-order valence-corrected chi connectivity index (χ3v) is 3.27. The number of benzene rings is 1. The van der Waals surface area contributed by atoms with Crippen molar-refractivity contribution in [2.24, 2.45) is 0 Å². The molecule has 0 bridgehead atoms. The molecule has 0 heteroatoms. The number of hydrogen-bond acceptors (Lipinski definition) is 0. The van der Waals surface area contributed by atoms with Crippen LogP contribution in [0.15, 0.2) is 36.4 Å². The van der Waals surface area contributed by atoms with Crippen molar-refractivity contribution in [3.05, 3.63) is 47.5 Å². The molecular formula is C17H26. The maximum absolute atomic E-state index is 4.18. The summed E-state index contributed by atoms with van der Waals surface area (Å²) < 4.78 is 0. The summed E-state index contributed by atoms with van der Waals surface area (Å²) in [4.78, 5) is 0. The zero-order valence-corrected chi connectivity index (χ0v) is 11.5.